The van der Waals surface area contributed by atoms with Crippen LogP contribution in [0, 0.1) is 0 Å². The first-order valence-electron chi connectivity index (χ1n) is 9.39. The molecule has 0 aliphatic carbocycles. The number of aromatic hydroxyl groups is 1. The number of hydrogen-bond donors (Lipinski definition) is 1. The molecule has 2 aliphatic rings. The molecule has 1 N–H and O–H groups in total. The van der Waals surface area contributed by atoms with Crippen molar-refractivity contribution in [1.29, 1.82) is 0 Å². The lowest BCUT2D eigenvalue weighted by Crippen LogP contribution is -2.41. The molecule has 0 saturated carbocycles. The van der Waals surface area contributed by atoms with E-state index < -0.39 is 0 Å². The molecule has 0 spiro atoms. The average molecular weight is 364 g/mol. The lowest BCUT2D eigenvalue weighted by atomic mass is 9.89. The monoisotopic (exact) mass is 364 g/mol. The maximum absolute atomic E-state index is 10.7. The fourth-order valence-electron chi connectivity index (χ4n) is 4.32. The van der Waals surface area contributed by atoms with E-state index in [1.165, 1.54) is 22.4 Å². The fraction of sp³-hybridized carbons (Fsp3) is 0.318. The molecule has 0 amide bonds. The predicted octanol–water partition coefficient (Wildman–Crippen LogP) is 3.75. The highest BCUT2D eigenvalue weighted by molar-refractivity contribution is 5.94. The van der Waals surface area contributed by atoms with Crippen LogP contribution in [0.3, 0.4) is 0 Å². The minimum atomic E-state index is 0.208. The molecule has 27 heavy (non-hydrogen) atoms. The van der Waals surface area contributed by atoms with Crippen LogP contribution in [0.25, 0.3) is 22.0 Å². The number of fused-ring (bicyclic) bond motifs is 5. The van der Waals surface area contributed by atoms with Crippen molar-refractivity contribution in [2.45, 2.75) is 32.7 Å². The van der Waals surface area contributed by atoms with Crippen LogP contribution in [0.2, 0.25) is 0 Å². The molecule has 5 heteroatoms. The van der Waals surface area contributed by atoms with Gasteiger partial charge in [0.25, 0.3) is 0 Å². The van der Waals surface area contributed by atoms with E-state index in [0.29, 0.717) is 5.75 Å². The summed E-state index contributed by atoms with van der Waals surface area (Å²) in [5.41, 5.74) is 4.96. The Morgan fingerprint density at radius 2 is 1.96 bits per heavy atom. The van der Waals surface area contributed by atoms with Gasteiger partial charge in [-0.15, -0.1) is 0 Å². The topological polar surface area (TPSA) is 51.8 Å². The van der Waals surface area contributed by atoms with E-state index >= 15 is 0 Å². The van der Waals surface area contributed by atoms with Crippen LogP contribution in [0.15, 0.2) is 30.5 Å². The molecule has 0 unspecified atom stereocenters. The summed E-state index contributed by atoms with van der Waals surface area (Å²) >= 11 is 0. The Morgan fingerprint density at radius 1 is 1.15 bits per heavy atom. The minimum absolute atomic E-state index is 0.208. The van der Waals surface area contributed by atoms with Crippen LogP contribution in [0.4, 0.5) is 0 Å². The fourth-order valence-corrected chi connectivity index (χ4v) is 4.32. The summed E-state index contributed by atoms with van der Waals surface area (Å²) in [5, 5.41) is 12.6. The van der Waals surface area contributed by atoms with E-state index in [-0.39, 0.29) is 12.5 Å². The number of ether oxygens (including phenoxy) is 3. The number of hydrogen-bond acceptors (Lipinski definition) is 4. The zero-order valence-corrected chi connectivity index (χ0v) is 15.5. The van der Waals surface area contributed by atoms with Crippen molar-refractivity contribution in [3.63, 3.8) is 0 Å². The summed E-state index contributed by atoms with van der Waals surface area (Å²) in [6.45, 7) is 3.33. The predicted molar refractivity (Wildman–Crippen MR) is 102 cm³/mol. The van der Waals surface area contributed by atoms with Gasteiger partial charge in [-0.1, -0.05) is 13.3 Å². The molecule has 5 rings (SSSR count). The standard InChI is InChI=1S/C22H21NO4/c1-3-4-15-14-5-6-18(25-2)22(24)17(14)11-23-8-7-13-9-19-20(27-12-26-19)10-16(13)21(15)23/h5-6,9-11H,3-4,7-8,12H2,1-2H3/p+1. The molecule has 0 fully saturated rings. The zero-order chi connectivity index (χ0) is 18.5. The summed E-state index contributed by atoms with van der Waals surface area (Å²) < 4.78 is 18.8. The second kappa shape index (κ2) is 6.05. The van der Waals surface area contributed by atoms with E-state index in [4.69, 9.17) is 14.2 Å². The Kier molecular flexibility index (Phi) is 3.64. The Bertz CT molecular complexity index is 1070. The number of benzene rings is 2. The maximum atomic E-state index is 10.7. The highest BCUT2D eigenvalue weighted by atomic mass is 16.7. The summed E-state index contributed by atoms with van der Waals surface area (Å²) in [6, 6.07) is 8.13. The smallest absolute Gasteiger partial charge is 0.231 e. The third kappa shape index (κ3) is 2.34. The van der Waals surface area contributed by atoms with Gasteiger partial charge in [0, 0.05) is 17.4 Å². The lowest BCUT2D eigenvalue weighted by molar-refractivity contribution is -0.686. The van der Waals surface area contributed by atoms with Crippen molar-refractivity contribution >= 4 is 10.8 Å². The Labute approximate surface area is 157 Å². The van der Waals surface area contributed by atoms with Crippen LogP contribution < -0.4 is 18.8 Å². The van der Waals surface area contributed by atoms with Crippen LogP contribution >= 0.6 is 0 Å². The van der Waals surface area contributed by atoms with Crippen LogP contribution in [0.1, 0.15) is 24.5 Å². The van der Waals surface area contributed by atoms with Gasteiger partial charge in [0.2, 0.25) is 12.5 Å². The minimum Gasteiger partial charge on any atom is -0.504 e. The van der Waals surface area contributed by atoms with Crippen LogP contribution in [-0.4, -0.2) is 19.0 Å². The van der Waals surface area contributed by atoms with Gasteiger partial charge < -0.3 is 19.3 Å². The SMILES string of the molecule is CCCc1c2[n+](cc3c(O)c(OC)ccc13)CCc1cc3c(cc1-2)OCO3. The molecule has 0 bridgehead atoms. The van der Waals surface area contributed by atoms with E-state index in [1.54, 1.807) is 7.11 Å². The molecule has 1 aromatic heterocycles. The second-order valence-corrected chi connectivity index (χ2v) is 7.09. The number of rotatable bonds is 3. The van der Waals surface area contributed by atoms with Gasteiger partial charge in [-0.05, 0) is 36.2 Å². The number of aryl methyl sites for hydroxylation is 3. The molecular formula is C22H22NO4+. The first kappa shape index (κ1) is 16.2. The summed E-state index contributed by atoms with van der Waals surface area (Å²) in [6.07, 6.45) is 4.94. The van der Waals surface area contributed by atoms with Crippen molar-refractivity contribution in [2.24, 2.45) is 0 Å². The molecule has 0 saturated heterocycles. The number of nitrogens with zero attached hydrogens (tertiary/aromatic N) is 1. The molecule has 3 aromatic rings. The lowest BCUT2D eigenvalue weighted by Gasteiger charge is -2.20. The van der Waals surface area contributed by atoms with Gasteiger partial charge in [0.15, 0.2) is 35.7 Å². The third-order valence-electron chi connectivity index (χ3n) is 5.56. The van der Waals surface area contributed by atoms with Gasteiger partial charge in [-0.2, -0.15) is 4.57 Å². The van der Waals surface area contributed by atoms with Gasteiger partial charge in [-0.3, -0.25) is 0 Å². The molecule has 2 aliphatic heterocycles. The van der Waals surface area contributed by atoms with Crippen LogP contribution in [-0.2, 0) is 19.4 Å². The van der Waals surface area contributed by atoms with Crippen LogP contribution in [0.5, 0.6) is 23.0 Å². The number of phenolic OH excluding ortho intramolecular Hbond substituents is 1. The van der Waals surface area contributed by atoms with E-state index in [0.717, 1.165) is 48.1 Å². The molecule has 0 atom stereocenters. The third-order valence-corrected chi connectivity index (χ3v) is 5.56. The Balaban J connectivity index is 1.83. The van der Waals surface area contributed by atoms with Gasteiger partial charge in [0.1, 0.15) is 0 Å². The van der Waals surface area contributed by atoms with E-state index in [9.17, 15) is 5.11 Å². The van der Waals surface area contributed by atoms with Gasteiger partial charge in [0.05, 0.1) is 18.1 Å². The highest BCUT2D eigenvalue weighted by Crippen LogP contribution is 2.43. The number of phenols is 1. The normalized spacial score (nSPS) is 14.1. The van der Waals surface area contributed by atoms with E-state index in [1.807, 2.05) is 6.07 Å². The zero-order valence-electron chi connectivity index (χ0n) is 15.5. The van der Waals surface area contributed by atoms with Crippen molar-refractivity contribution < 1.29 is 23.9 Å². The van der Waals surface area contributed by atoms with Crippen molar-refractivity contribution in [3.8, 4) is 34.3 Å². The summed E-state index contributed by atoms with van der Waals surface area (Å²) in [5.74, 6) is 2.36. The summed E-state index contributed by atoms with van der Waals surface area (Å²) in [4.78, 5) is 0. The molecule has 3 heterocycles. The maximum Gasteiger partial charge on any atom is 0.231 e. The number of pyridine rings is 1. The van der Waals surface area contributed by atoms with Gasteiger partial charge in [-0.25, -0.2) is 0 Å². The molecule has 0 radical (unpaired) electrons. The largest absolute Gasteiger partial charge is 0.504 e. The molecular weight excluding hydrogens is 342 g/mol. The molecule has 2 aromatic carbocycles. The van der Waals surface area contributed by atoms with Crippen molar-refractivity contribution in [2.75, 3.05) is 13.9 Å². The number of methoxy groups -OCH3 is 1. The van der Waals surface area contributed by atoms with E-state index in [2.05, 4.69) is 35.9 Å². The average Bonchev–Trinajstić information content (AvgIpc) is 3.14. The first-order chi connectivity index (χ1) is 13.2. The van der Waals surface area contributed by atoms with Crippen molar-refractivity contribution in [1.82, 2.24) is 0 Å². The number of aromatic nitrogens is 1. The Morgan fingerprint density at radius 3 is 2.74 bits per heavy atom. The molecule has 5 nitrogen and oxygen atoms in total. The molecule has 138 valence electrons. The van der Waals surface area contributed by atoms with Crippen molar-refractivity contribution in [3.05, 3.63) is 41.6 Å². The highest BCUT2D eigenvalue weighted by Gasteiger charge is 2.31. The van der Waals surface area contributed by atoms with Gasteiger partial charge >= 0.3 is 0 Å². The summed E-state index contributed by atoms with van der Waals surface area (Å²) in [7, 11) is 1.58. The second-order valence-electron chi connectivity index (χ2n) is 7.09. The first-order valence-corrected chi connectivity index (χ1v) is 9.39. The quantitative estimate of drug-likeness (QED) is 0.719. The Hall–Kier alpha value is -2.95.